The highest BCUT2D eigenvalue weighted by molar-refractivity contribution is 4.39. The van der Waals surface area contributed by atoms with Gasteiger partial charge in [-0.3, -0.25) is 0 Å². The van der Waals surface area contributed by atoms with E-state index >= 15 is 0 Å². The van der Waals surface area contributed by atoms with Crippen LogP contribution < -0.4 is 5.73 Å². The average Bonchev–Trinajstić information content (AvgIpc) is 2.22. The van der Waals surface area contributed by atoms with E-state index in [1.807, 2.05) is 0 Å². The van der Waals surface area contributed by atoms with Crippen LogP contribution >= 0.6 is 0 Å². The Morgan fingerprint density at radius 1 is 0.571 bits per heavy atom. The number of rotatable bonds is 8. The molecular formula is C13H31N. The molecule has 0 amide bonds. The fraction of sp³-hybridized carbons (Fsp3) is 1.00. The second-order valence-electron chi connectivity index (χ2n) is 3.91. The van der Waals surface area contributed by atoms with Crippen molar-refractivity contribution in [1.82, 2.24) is 0 Å². The third kappa shape index (κ3) is 22.7. The van der Waals surface area contributed by atoms with Crippen molar-refractivity contribution in [2.75, 3.05) is 6.54 Å². The molecule has 0 aliphatic rings. The zero-order valence-electron chi connectivity index (χ0n) is 10.6. The first kappa shape index (κ1) is 16.4. The third-order valence-corrected chi connectivity index (χ3v) is 2.26. The minimum absolute atomic E-state index is 0.855. The summed E-state index contributed by atoms with van der Waals surface area (Å²) < 4.78 is 0. The van der Waals surface area contributed by atoms with Crippen LogP contribution in [0.2, 0.25) is 0 Å². The van der Waals surface area contributed by atoms with Gasteiger partial charge in [-0.15, -0.1) is 0 Å². The Morgan fingerprint density at radius 2 is 0.929 bits per heavy atom. The van der Waals surface area contributed by atoms with Crippen LogP contribution in [0.25, 0.3) is 0 Å². The topological polar surface area (TPSA) is 26.0 Å². The van der Waals surface area contributed by atoms with Gasteiger partial charge in [0.25, 0.3) is 0 Å². The van der Waals surface area contributed by atoms with Gasteiger partial charge in [0.1, 0.15) is 0 Å². The molecule has 0 saturated heterocycles. The van der Waals surface area contributed by atoms with Crippen LogP contribution in [0.5, 0.6) is 0 Å². The lowest BCUT2D eigenvalue weighted by Crippen LogP contribution is -1.96. The van der Waals surface area contributed by atoms with E-state index in [-0.39, 0.29) is 0 Å². The summed E-state index contributed by atoms with van der Waals surface area (Å²) in [7, 11) is 0. The van der Waals surface area contributed by atoms with Crippen molar-refractivity contribution in [2.45, 2.75) is 78.6 Å². The van der Waals surface area contributed by atoms with Crippen molar-refractivity contribution < 1.29 is 0 Å². The van der Waals surface area contributed by atoms with Crippen LogP contribution in [0, 0.1) is 0 Å². The van der Waals surface area contributed by atoms with Crippen LogP contribution in [0.15, 0.2) is 0 Å². The zero-order chi connectivity index (χ0) is 11.1. The first-order chi connectivity index (χ1) is 6.83. The largest absolute Gasteiger partial charge is 0.330 e. The minimum atomic E-state index is 0.855. The van der Waals surface area contributed by atoms with Gasteiger partial charge in [0.15, 0.2) is 0 Å². The highest BCUT2D eigenvalue weighted by Gasteiger charge is 1.83. The number of unbranched alkanes of at least 4 members (excludes halogenated alkanes) is 7. The molecule has 0 saturated carbocycles. The summed E-state index contributed by atoms with van der Waals surface area (Å²) in [4.78, 5) is 0. The molecule has 0 radical (unpaired) electrons. The number of hydrogen-bond donors (Lipinski definition) is 1. The van der Waals surface area contributed by atoms with Gasteiger partial charge < -0.3 is 5.73 Å². The van der Waals surface area contributed by atoms with E-state index in [2.05, 4.69) is 20.8 Å². The van der Waals surface area contributed by atoms with Crippen molar-refractivity contribution >= 4 is 0 Å². The molecule has 0 bridgehead atoms. The van der Waals surface area contributed by atoms with Crippen LogP contribution in [0.3, 0.4) is 0 Å². The average molecular weight is 201 g/mol. The molecule has 0 spiro atoms. The summed E-state index contributed by atoms with van der Waals surface area (Å²) in [5.74, 6) is 0. The maximum atomic E-state index is 5.21. The Labute approximate surface area is 91.5 Å². The summed E-state index contributed by atoms with van der Waals surface area (Å²) in [6.07, 6.45) is 12.2. The van der Waals surface area contributed by atoms with Gasteiger partial charge in [-0.2, -0.15) is 0 Å². The molecule has 0 atom stereocenters. The van der Waals surface area contributed by atoms with Crippen LogP contribution in [-0.2, 0) is 0 Å². The van der Waals surface area contributed by atoms with Gasteiger partial charge in [-0.1, -0.05) is 72.1 Å². The summed E-state index contributed by atoms with van der Waals surface area (Å²) in [5, 5.41) is 0. The van der Waals surface area contributed by atoms with Gasteiger partial charge in [0.2, 0.25) is 0 Å². The maximum Gasteiger partial charge on any atom is -0.00773 e. The molecule has 0 aromatic carbocycles. The first-order valence-electron chi connectivity index (χ1n) is 6.53. The Kier molecular flexibility index (Phi) is 21.9. The van der Waals surface area contributed by atoms with Gasteiger partial charge in [0, 0.05) is 0 Å². The summed E-state index contributed by atoms with van der Waals surface area (Å²) in [6, 6.07) is 0. The van der Waals surface area contributed by atoms with Crippen LogP contribution in [0.4, 0.5) is 0 Å². The molecule has 0 aromatic rings. The van der Waals surface area contributed by atoms with E-state index in [0.717, 1.165) is 6.54 Å². The summed E-state index contributed by atoms with van der Waals surface area (Å²) >= 11 is 0. The lowest BCUT2D eigenvalue weighted by molar-refractivity contribution is 0.624. The molecule has 0 rings (SSSR count). The van der Waals surface area contributed by atoms with E-state index in [0.29, 0.717) is 0 Å². The minimum Gasteiger partial charge on any atom is -0.330 e. The summed E-state index contributed by atoms with van der Waals surface area (Å²) in [5.41, 5.74) is 5.21. The van der Waals surface area contributed by atoms with Gasteiger partial charge in [-0.25, -0.2) is 0 Å². The normalized spacial score (nSPS) is 9.43. The molecule has 1 nitrogen and oxygen atoms in total. The fourth-order valence-electron chi connectivity index (χ4n) is 1.25. The van der Waals surface area contributed by atoms with Crippen molar-refractivity contribution in [2.24, 2.45) is 5.73 Å². The van der Waals surface area contributed by atoms with E-state index < -0.39 is 0 Å². The highest BCUT2D eigenvalue weighted by Crippen LogP contribution is 2.03. The molecule has 88 valence electrons. The molecule has 1 heteroatoms. The van der Waals surface area contributed by atoms with E-state index in [1.54, 1.807) is 0 Å². The molecule has 0 fully saturated rings. The van der Waals surface area contributed by atoms with Crippen molar-refractivity contribution in [3.63, 3.8) is 0 Å². The monoisotopic (exact) mass is 201 g/mol. The van der Waals surface area contributed by atoms with Gasteiger partial charge in [0.05, 0.1) is 0 Å². The van der Waals surface area contributed by atoms with Crippen molar-refractivity contribution in [3.05, 3.63) is 0 Å². The Bertz CT molecular complexity index is 61.6. The maximum absolute atomic E-state index is 5.21. The summed E-state index contributed by atoms with van der Waals surface area (Å²) in [6.45, 7) is 7.54. The first-order valence-corrected chi connectivity index (χ1v) is 6.53. The SMILES string of the molecule is CCCCCCCC.CCCCCN. The molecule has 0 aliphatic carbocycles. The number of hydrogen-bond acceptors (Lipinski definition) is 1. The van der Waals surface area contributed by atoms with Crippen LogP contribution in [-0.4, -0.2) is 6.54 Å². The molecule has 14 heavy (non-hydrogen) atoms. The lowest BCUT2D eigenvalue weighted by Gasteiger charge is -1.93. The van der Waals surface area contributed by atoms with Gasteiger partial charge in [-0.05, 0) is 13.0 Å². The van der Waals surface area contributed by atoms with Crippen LogP contribution in [0.1, 0.15) is 78.6 Å². The Hall–Kier alpha value is -0.0400. The quantitative estimate of drug-likeness (QED) is 0.575. The van der Waals surface area contributed by atoms with E-state index in [9.17, 15) is 0 Å². The standard InChI is InChI=1S/C8H18.C5H13N/c1-3-5-7-8-6-4-2;1-2-3-4-5-6/h3-8H2,1-2H3;2-6H2,1H3. The second kappa shape index (κ2) is 18.7. The third-order valence-electron chi connectivity index (χ3n) is 2.26. The molecule has 0 aliphatic heterocycles. The van der Waals surface area contributed by atoms with E-state index in [1.165, 1.54) is 57.8 Å². The molecule has 0 heterocycles. The van der Waals surface area contributed by atoms with Crippen molar-refractivity contribution in [1.29, 1.82) is 0 Å². The zero-order valence-corrected chi connectivity index (χ0v) is 10.6. The molecule has 0 aromatic heterocycles. The van der Waals surface area contributed by atoms with E-state index in [4.69, 9.17) is 5.73 Å². The predicted molar refractivity (Wildman–Crippen MR) is 67.6 cm³/mol. The lowest BCUT2D eigenvalue weighted by atomic mass is 10.1. The Morgan fingerprint density at radius 3 is 1.14 bits per heavy atom. The molecule has 0 unspecified atom stereocenters. The fourth-order valence-corrected chi connectivity index (χ4v) is 1.25. The highest BCUT2D eigenvalue weighted by atomic mass is 14.5. The Balaban J connectivity index is 0. The molecule has 2 N–H and O–H groups in total. The predicted octanol–water partition coefficient (Wildman–Crippen LogP) is 4.50. The van der Waals surface area contributed by atoms with Gasteiger partial charge >= 0.3 is 0 Å². The second-order valence-corrected chi connectivity index (χ2v) is 3.91. The van der Waals surface area contributed by atoms with Crippen molar-refractivity contribution in [3.8, 4) is 0 Å². The smallest absolute Gasteiger partial charge is 0.00773 e. The number of nitrogens with two attached hydrogens (primary N) is 1. The molecular weight excluding hydrogens is 170 g/mol.